The molecule has 17 atom stereocenters. The van der Waals surface area contributed by atoms with E-state index >= 15 is 0 Å². The number of amides is 1. The lowest BCUT2D eigenvalue weighted by Crippen LogP contribution is -2.66. The zero-order valence-corrected chi connectivity index (χ0v) is 40.1. The van der Waals surface area contributed by atoms with Crippen LogP contribution in [0.15, 0.2) is 12.2 Å². The summed E-state index contributed by atoms with van der Waals surface area (Å²) in [7, 11) is 0. The Hall–Kier alpha value is -1.47. The van der Waals surface area contributed by atoms with Gasteiger partial charge in [-0.3, -0.25) is 4.79 Å². The van der Waals surface area contributed by atoms with E-state index in [1.54, 1.807) is 6.08 Å². The van der Waals surface area contributed by atoms with Crippen molar-refractivity contribution < 1.29 is 89.4 Å². The number of carbonyl (C=O) groups excluding carboxylic acids is 1. The maximum Gasteiger partial charge on any atom is 0.220 e. The lowest BCUT2D eigenvalue weighted by atomic mass is 9.96. The first-order valence-electron chi connectivity index (χ1n) is 25.4. The van der Waals surface area contributed by atoms with E-state index in [0.717, 1.165) is 44.9 Å². The molecule has 0 bridgehead atoms. The minimum absolute atomic E-state index is 0.246. The van der Waals surface area contributed by atoms with E-state index in [1.165, 1.54) is 83.5 Å². The molecule has 3 heterocycles. The summed E-state index contributed by atoms with van der Waals surface area (Å²) < 4.78 is 34.0. The Labute approximate surface area is 397 Å². The van der Waals surface area contributed by atoms with Crippen molar-refractivity contribution >= 4 is 5.91 Å². The van der Waals surface area contributed by atoms with Crippen LogP contribution in [0, 0.1) is 0 Å². The van der Waals surface area contributed by atoms with Crippen LogP contribution in [-0.4, -0.2) is 193 Å². The van der Waals surface area contributed by atoms with Crippen molar-refractivity contribution in [2.45, 2.75) is 259 Å². The summed E-state index contributed by atoms with van der Waals surface area (Å²) in [5.41, 5.74) is 0. The molecule has 3 saturated heterocycles. The van der Waals surface area contributed by atoms with Crippen LogP contribution in [0.25, 0.3) is 0 Å². The predicted octanol–water partition coefficient (Wildman–Crippen LogP) is 1.48. The molecule has 67 heavy (non-hydrogen) atoms. The normalized spacial score (nSPS) is 33.5. The number of carbonyl (C=O) groups is 1. The monoisotopic (exact) mass is 968 g/mol. The molecule has 0 spiro atoms. The van der Waals surface area contributed by atoms with Crippen LogP contribution in [0.1, 0.15) is 155 Å². The molecule has 1 amide bonds. The van der Waals surface area contributed by atoms with Crippen molar-refractivity contribution in [1.29, 1.82) is 0 Å². The zero-order valence-electron chi connectivity index (χ0n) is 40.1. The van der Waals surface area contributed by atoms with Gasteiger partial charge in [0.15, 0.2) is 18.9 Å². The number of rotatable bonds is 35. The largest absolute Gasteiger partial charge is 0.394 e. The predicted molar refractivity (Wildman–Crippen MR) is 245 cm³/mol. The molecular formula is C48H89NO18. The lowest BCUT2D eigenvalue weighted by Gasteiger charge is -2.48. The van der Waals surface area contributed by atoms with Gasteiger partial charge in [-0.05, 0) is 19.3 Å². The third kappa shape index (κ3) is 20.3. The van der Waals surface area contributed by atoms with E-state index in [0.29, 0.717) is 6.42 Å². The number of allylic oxidation sites excluding steroid dienone is 1. The fourth-order valence-electron chi connectivity index (χ4n) is 8.78. The number of hydrogen-bond acceptors (Lipinski definition) is 18. The Morgan fingerprint density at radius 3 is 1.40 bits per heavy atom. The molecule has 3 rings (SSSR count). The van der Waals surface area contributed by atoms with Crippen LogP contribution in [0.5, 0.6) is 0 Å². The Bertz CT molecular complexity index is 1300. The SMILES string of the molecule is CCCCCCCCCCCCC/C=C/[C@@H](O)[C@H](CO[C@@H]1O[C@H](CO)[C@@H](O[C@@H]2O[C@H](CO)[C@H](O[C@H]3O[C@H](CO)[C@H](O)[C@H](O)[C@H]3O)[C@H](O)[C@H]2O)[C@H](O)[C@H]1O)NC(=O)CCCCCCCCCCC. The van der Waals surface area contributed by atoms with Crippen molar-refractivity contribution in [3.63, 3.8) is 0 Å². The molecule has 3 aliphatic rings. The fraction of sp³-hybridized carbons (Fsp3) is 0.938. The summed E-state index contributed by atoms with van der Waals surface area (Å²) in [5, 5.41) is 119. The highest BCUT2D eigenvalue weighted by Crippen LogP contribution is 2.33. The third-order valence-electron chi connectivity index (χ3n) is 13.1. The summed E-state index contributed by atoms with van der Waals surface area (Å²) >= 11 is 0. The van der Waals surface area contributed by atoms with E-state index in [2.05, 4.69) is 19.2 Å². The Morgan fingerprint density at radius 2 is 0.925 bits per heavy atom. The molecule has 0 aromatic heterocycles. The third-order valence-corrected chi connectivity index (χ3v) is 13.1. The average molecular weight is 968 g/mol. The molecule has 3 aliphatic heterocycles. The molecule has 0 unspecified atom stereocenters. The fourth-order valence-corrected chi connectivity index (χ4v) is 8.78. The molecule has 0 aliphatic carbocycles. The molecule has 19 heteroatoms. The van der Waals surface area contributed by atoms with Gasteiger partial charge in [0.25, 0.3) is 0 Å². The maximum absolute atomic E-state index is 13.1. The minimum atomic E-state index is -1.97. The van der Waals surface area contributed by atoms with E-state index in [9.17, 15) is 61.0 Å². The summed E-state index contributed by atoms with van der Waals surface area (Å²) in [6, 6.07) is -0.963. The van der Waals surface area contributed by atoms with Gasteiger partial charge in [0, 0.05) is 6.42 Å². The molecule has 3 fully saturated rings. The Kier molecular flexibility index (Phi) is 30.4. The molecule has 0 aromatic carbocycles. The van der Waals surface area contributed by atoms with Crippen molar-refractivity contribution in [2.24, 2.45) is 0 Å². The highest BCUT2D eigenvalue weighted by atomic mass is 16.8. The van der Waals surface area contributed by atoms with Gasteiger partial charge in [-0.1, -0.05) is 142 Å². The number of aliphatic hydroxyl groups excluding tert-OH is 11. The van der Waals surface area contributed by atoms with Crippen LogP contribution < -0.4 is 5.32 Å². The highest BCUT2D eigenvalue weighted by Gasteiger charge is 2.53. The van der Waals surface area contributed by atoms with E-state index in [-0.39, 0.29) is 18.9 Å². The zero-order chi connectivity index (χ0) is 49.1. The van der Waals surface area contributed by atoms with Crippen LogP contribution in [0.2, 0.25) is 0 Å². The number of ether oxygens (including phenoxy) is 6. The lowest BCUT2D eigenvalue weighted by molar-refractivity contribution is -0.379. The topological polar surface area (TPSA) is 307 Å². The van der Waals surface area contributed by atoms with Gasteiger partial charge >= 0.3 is 0 Å². The van der Waals surface area contributed by atoms with E-state index in [4.69, 9.17) is 28.4 Å². The van der Waals surface area contributed by atoms with Crippen molar-refractivity contribution in [3.8, 4) is 0 Å². The van der Waals surface area contributed by atoms with Crippen LogP contribution in [0.4, 0.5) is 0 Å². The molecule has 0 saturated carbocycles. The second-order valence-corrected chi connectivity index (χ2v) is 18.6. The van der Waals surface area contributed by atoms with Crippen LogP contribution in [-0.2, 0) is 33.2 Å². The highest BCUT2D eigenvalue weighted by molar-refractivity contribution is 5.76. The summed E-state index contributed by atoms with van der Waals surface area (Å²) in [5.74, 6) is -0.281. The first kappa shape index (κ1) is 59.8. The van der Waals surface area contributed by atoms with E-state index < -0.39 is 124 Å². The van der Waals surface area contributed by atoms with Crippen molar-refractivity contribution in [1.82, 2.24) is 5.32 Å². The van der Waals surface area contributed by atoms with Gasteiger partial charge in [-0.2, -0.15) is 0 Å². The van der Waals surface area contributed by atoms with Gasteiger partial charge in [0.1, 0.15) is 73.2 Å². The smallest absolute Gasteiger partial charge is 0.220 e. The van der Waals surface area contributed by atoms with Gasteiger partial charge in [-0.15, -0.1) is 0 Å². The number of hydrogen-bond donors (Lipinski definition) is 12. The first-order valence-corrected chi connectivity index (χ1v) is 25.4. The van der Waals surface area contributed by atoms with Crippen LogP contribution >= 0.6 is 0 Å². The molecule has 19 nitrogen and oxygen atoms in total. The quantitative estimate of drug-likeness (QED) is 0.0316. The van der Waals surface area contributed by atoms with Crippen molar-refractivity contribution in [3.05, 3.63) is 12.2 Å². The Balaban J connectivity index is 1.58. The molecular weight excluding hydrogens is 879 g/mol. The van der Waals surface area contributed by atoms with Crippen molar-refractivity contribution in [2.75, 3.05) is 26.4 Å². The molecule has 0 radical (unpaired) electrons. The Morgan fingerprint density at radius 1 is 0.522 bits per heavy atom. The van der Waals surface area contributed by atoms with Crippen LogP contribution in [0.3, 0.4) is 0 Å². The minimum Gasteiger partial charge on any atom is -0.394 e. The molecule has 0 aromatic rings. The maximum atomic E-state index is 13.1. The first-order chi connectivity index (χ1) is 32.3. The summed E-state index contributed by atoms with van der Waals surface area (Å²) in [6.45, 7) is 1.65. The molecule has 394 valence electrons. The number of nitrogens with one attached hydrogen (secondary N) is 1. The van der Waals surface area contributed by atoms with Gasteiger partial charge in [0.2, 0.25) is 5.91 Å². The summed E-state index contributed by atoms with van der Waals surface area (Å²) in [6.07, 6.45) is 0.877. The van der Waals surface area contributed by atoms with Gasteiger partial charge in [0.05, 0.1) is 38.6 Å². The average Bonchev–Trinajstić information content (AvgIpc) is 3.32. The van der Waals surface area contributed by atoms with Gasteiger partial charge < -0.3 is 89.9 Å². The second-order valence-electron chi connectivity index (χ2n) is 18.6. The van der Waals surface area contributed by atoms with E-state index in [1.807, 2.05) is 6.08 Å². The summed E-state index contributed by atoms with van der Waals surface area (Å²) in [4.78, 5) is 13.1. The number of unbranched alkanes of at least 4 members (excludes halogenated alkanes) is 19. The number of aliphatic hydroxyl groups is 11. The standard InChI is InChI=1S/C48H89NO18/c1-3-5-7-9-11-13-14-15-16-18-19-21-23-25-32(53)31(49-36(54)26-24-22-20-17-12-10-8-6-4-2)30-62-46-42(60)39(57)44(34(28-51)64-46)67-48-43(61)40(58)45(35(29-52)65-48)66-47-41(59)38(56)37(55)33(27-50)63-47/h23,25,31-35,37-48,50-53,55-61H,3-22,24,26-30H2,1-2H3,(H,49,54)/b25-23+/t31-,32+,33+,34+,35+,37-,38-,39+,40+,41+,42+,43+,44+,45-,46+,47+,48-/m0/s1. The second kappa shape index (κ2) is 34.0. The molecule has 12 N–H and O–H groups in total. The van der Waals surface area contributed by atoms with Gasteiger partial charge in [-0.25, -0.2) is 0 Å².